The number of rotatable bonds is 3. The quantitative estimate of drug-likeness (QED) is 0.811. The van der Waals surface area contributed by atoms with Crippen molar-refractivity contribution in [3.05, 3.63) is 30.7 Å². The van der Waals surface area contributed by atoms with E-state index < -0.39 is 0 Å². The Labute approximate surface area is 124 Å². The molecule has 0 aromatic carbocycles. The van der Waals surface area contributed by atoms with Gasteiger partial charge in [0.1, 0.15) is 0 Å². The molecule has 5 nitrogen and oxygen atoms in total. The van der Waals surface area contributed by atoms with Gasteiger partial charge in [-0.1, -0.05) is 0 Å². The van der Waals surface area contributed by atoms with Crippen LogP contribution in [-0.2, 0) is 9.53 Å². The van der Waals surface area contributed by atoms with Crippen LogP contribution in [0.25, 0.3) is 10.9 Å². The van der Waals surface area contributed by atoms with Crippen molar-refractivity contribution in [2.75, 3.05) is 24.6 Å². The zero-order valence-electron chi connectivity index (χ0n) is 12.2. The molecule has 3 rings (SSSR count). The maximum Gasteiger partial charge on any atom is 0.309 e. The molecule has 0 atom stereocenters. The minimum atomic E-state index is -0.0636. The van der Waals surface area contributed by atoms with Gasteiger partial charge in [-0.15, -0.1) is 0 Å². The second kappa shape index (κ2) is 6.08. The van der Waals surface area contributed by atoms with Crippen LogP contribution >= 0.6 is 0 Å². The van der Waals surface area contributed by atoms with E-state index in [0.717, 1.165) is 42.5 Å². The van der Waals surface area contributed by atoms with Crippen molar-refractivity contribution in [2.24, 2.45) is 5.92 Å². The Morgan fingerprint density at radius 2 is 2.19 bits per heavy atom. The van der Waals surface area contributed by atoms with E-state index in [2.05, 4.69) is 14.9 Å². The molecular formula is C16H19N3O2. The first-order valence-corrected chi connectivity index (χ1v) is 7.40. The van der Waals surface area contributed by atoms with Crippen LogP contribution in [0.2, 0.25) is 0 Å². The molecular weight excluding hydrogens is 266 g/mol. The Kier molecular flexibility index (Phi) is 3.99. The Morgan fingerprint density at radius 3 is 2.95 bits per heavy atom. The van der Waals surface area contributed by atoms with Crippen molar-refractivity contribution in [1.29, 1.82) is 0 Å². The van der Waals surface area contributed by atoms with Gasteiger partial charge in [0.2, 0.25) is 0 Å². The molecule has 0 radical (unpaired) electrons. The highest BCUT2D eigenvalue weighted by atomic mass is 16.5. The minimum absolute atomic E-state index is 0.0251. The molecule has 0 unspecified atom stereocenters. The topological polar surface area (TPSA) is 55.3 Å². The van der Waals surface area contributed by atoms with Crippen molar-refractivity contribution in [2.45, 2.75) is 19.8 Å². The second-order valence-electron chi connectivity index (χ2n) is 5.25. The van der Waals surface area contributed by atoms with E-state index in [1.807, 2.05) is 31.5 Å². The summed E-state index contributed by atoms with van der Waals surface area (Å²) in [6.07, 6.45) is 7.14. The molecule has 0 N–H and O–H groups in total. The van der Waals surface area contributed by atoms with E-state index in [4.69, 9.17) is 4.74 Å². The number of aromatic nitrogens is 2. The number of esters is 1. The highest BCUT2D eigenvalue weighted by Gasteiger charge is 2.26. The number of ether oxygens (including phenoxy) is 1. The Bertz CT molecular complexity index is 631. The van der Waals surface area contributed by atoms with Crippen LogP contribution in [-0.4, -0.2) is 35.6 Å². The third-order valence-corrected chi connectivity index (χ3v) is 3.95. The molecule has 0 saturated carbocycles. The van der Waals surface area contributed by atoms with Gasteiger partial charge in [-0.2, -0.15) is 0 Å². The summed E-state index contributed by atoms with van der Waals surface area (Å²) in [5.41, 5.74) is 2.03. The van der Waals surface area contributed by atoms with Gasteiger partial charge in [-0.25, -0.2) is 0 Å². The standard InChI is InChI=1S/C16H19N3O2/c1-2-21-16(20)12-5-8-19(9-6-12)14-11-17-10-13-4-3-7-18-15(13)14/h3-4,7,10-12H,2,5-6,8-9H2,1H3. The van der Waals surface area contributed by atoms with Crippen molar-refractivity contribution in [3.63, 3.8) is 0 Å². The molecule has 21 heavy (non-hydrogen) atoms. The number of pyridine rings is 2. The van der Waals surface area contributed by atoms with E-state index in [-0.39, 0.29) is 11.9 Å². The zero-order valence-corrected chi connectivity index (χ0v) is 12.2. The molecule has 0 aliphatic carbocycles. The van der Waals surface area contributed by atoms with E-state index in [1.54, 1.807) is 6.20 Å². The summed E-state index contributed by atoms with van der Waals surface area (Å²) in [6, 6.07) is 3.94. The summed E-state index contributed by atoms with van der Waals surface area (Å²) in [5.74, 6) is -0.0385. The Morgan fingerprint density at radius 1 is 1.38 bits per heavy atom. The SMILES string of the molecule is CCOC(=O)C1CCN(c2cncc3cccnc23)CC1. The molecule has 1 aliphatic rings. The van der Waals surface area contributed by atoms with E-state index >= 15 is 0 Å². The average Bonchev–Trinajstić information content (AvgIpc) is 2.55. The first kappa shape index (κ1) is 13.8. The molecule has 0 spiro atoms. The summed E-state index contributed by atoms with van der Waals surface area (Å²) in [7, 11) is 0. The molecule has 0 bridgehead atoms. The lowest BCUT2D eigenvalue weighted by atomic mass is 9.96. The van der Waals surface area contributed by atoms with Crippen LogP contribution in [0.5, 0.6) is 0 Å². The predicted molar refractivity (Wildman–Crippen MR) is 81.1 cm³/mol. The number of nitrogens with zero attached hydrogens (tertiary/aromatic N) is 3. The highest BCUT2D eigenvalue weighted by molar-refractivity contribution is 5.89. The maximum atomic E-state index is 11.8. The van der Waals surface area contributed by atoms with Crippen molar-refractivity contribution in [1.82, 2.24) is 9.97 Å². The zero-order chi connectivity index (χ0) is 14.7. The maximum absolute atomic E-state index is 11.8. The lowest BCUT2D eigenvalue weighted by Crippen LogP contribution is -2.37. The summed E-state index contributed by atoms with van der Waals surface area (Å²) in [4.78, 5) is 22.8. The third-order valence-electron chi connectivity index (χ3n) is 3.95. The molecule has 0 amide bonds. The van der Waals surface area contributed by atoms with Crippen LogP contribution in [0.15, 0.2) is 30.7 Å². The highest BCUT2D eigenvalue weighted by Crippen LogP contribution is 2.28. The van der Waals surface area contributed by atoms with E-state index in [0.29, 0.717) is 6.61 Å². The van der Waals surface area contributed by atoms with Crippen LogP contribution in [0.1, 0.15) is 19.8 Å². The summed E-state index contributed by atoms with van der Waals surface area (Å²) >= 11 is 0. The van der Waals surface area contributed by atoms with Gasteiger partial charge in [0.15, 0.2) is 0 Å². The molecule has 1 aliphatic heterocycles. The summed E-state index contributed by atoms with van der Waals surface area (Å²) < 4.78 is 5.11. The number of anilines is 1. The van der Waals surface area contributed by atoms with Crippen molar-refractivity contribution in [3.8, 4) is 0 Å². The van der Waals surface area contributed by atoms with Gasteiger partial charge >= 0.3 is 5.97 Å². The fraction of sp³-hybridized carbons (Fsp3) is 0.438. The number of piperidine rings is 1. The second-order valence-corrected chi connectivity index (χ2v) is 5.25. The van der Waals surface area contributed by atoms with Gasteiger partial charge in [0, 0.05) is 30.9 Å². The molecule has 1 saturated heterocycles. The third kappa shape index (κ3) is 2.82. The molecule has 2 aromatic rings. The predicted octanol–water partition coefficient (Wildman–Crippen LogP) is 2.41. The number of carbonyl (C=O) groups is 1. The van der Waals surface area contributed by atoms with Gasteiger partial charge < -0.3 is 9.64 Å². The lowest BCUT2D eigenvalue weighted by Gasteiger charge is -2.32. The number of carbonyl (C=O) groups excluding carboxylic acids is 1. The number of hydrogen-bond acceptors (Lipinski definition) is 5. The first-order valence-electron chi connectivity index (χ1n) is 7.40. The van der Waals surface area contributed by atoms with Crippen LogP contribution < -0.4 is 4.90 Å². The van der Waals surface area contributed by atoms with E-state index in [9.17, 15) is 4.79 Å². The molecule has 5 heteroatoms. The molecule has 3 heterocycles. The fourth-order valence-corrected chi connectivity index (χ4v) is 2.83. The Balaban J connectivity index is 1.76. The summed E-state index contributed by atoms with van der Waals surface area (Å²) in [6.45, 7) is 3.97. The largest absolute Gasteiger partial charge is 0.466 e. The molecule has 2 aromatic heterocycles. The number of hydrogen-bond donors (Lipinski definition) is 0. The minimum Gasteiger partial charge on any atom is -0.466 e. The van der Waals surface area contributed by atoms with Crippen molar-refractivity contribution >= 4 is 22.6 Å². The monoisotopic (exact) mass is 285 g/mol. The average molecular weight is 285 g/mol. The van der Waals surface area contributed by atoms with Gasteiger partial charge in [0.05, 0.1) is 29.9 Å². The normalized spacial score (nSPS) is 16.1. The van der Waals surface area contributed by atoms with Crippen LogP contribution in [0.3, 0.4) is 0 Å². The molecule has 110 valence electrons. The van der Waals surface area contributed by atoms with Gasteiger partial charge in [-0.05, 0) is 31.9 Å². The first-order chi connectivity index (χ1) is 10.3. The number of fused-ring (bicyclic) bond motifs is 1. The smallest absolute Gasteiger partial charge is 0.309 e. The fourth-order valence-electron chi connectivity index (χ4n) is 2.83. The Hall–Kier alpha value is -2.17. The van der Waals surface area contributed by atoms with Crippen molar-refractivity contribution < 1.29 is 9.53 Å². The van der Waals surface area contributed by atoms with Gasteiger partial charge in [-0.3, -0.25) is 14.8 Å². The van der Waals surface area contributed by atoms with E-state index in [1.165, 1.54) is 0 Å². The molecule has 1 fully saturated rings. The lowest BCUT2D eigenvalue weighted by molar-refractivity contribution is -0.148. The van der Waals surface area contributed by atoms with Gasteiger partial charge in [0.25, 0.3) is 0 Å². The summed E-state index contributed by atoms with van der Waals surface area (Å²) in [5, 5.41) is 1.04. The van der Waals surface area contributed by atoms with Crippen LogP contribution in [0, 0.1) is 5.92 Å². The van der Waals surface area contributed by atoms with Crippen LogP contribution in [0.4, 0.5) is 5.69 Å².